The van der Waals surface area contributed by atoms with Crippen molar-refractivity contribution in [1.82, 2.24) is 0 Å². The summed E-state index contributed by atoms with van der Waals surface area (Å²) in [6.45, 7) is 0.723. The van der Waals surface area contributed by atoms with Crippen LogP contribution in [0.15, 0.2) is 48.5 Å². The van der Waals surface area contributed by atoms with E-state index in [9.17, 15) is 9.00 Å². The molecule has 3 rings (SSSR count). The van der Waals surface area contributed by atoms with E-state index >= 15 is 0 Å². The molecular weight excluding hydrogens is 322 g/mol. The molecule has 0 saturated carbocycles. The zero-order chi connectivity index (χ0) is 16.9. The Morgan fingerprint density at radius 2 is 2.04 bits per heavy atom. The number of ether oxygens (including phenoxy) is 1. The fraction of sp³-hybridized carbons (Fsp3) is 0.316. The summed E-state index contributed by atoms with van der Waals surface area (Å²) in [4.78, 5) is 14.3. The number of methoxy groups -OCH3 is 1. The van der Waals surface area contributed by atoms with E-state index in [1.807, 2.05) is 47.4 Å². The first-order valence-corrected chi connectivity index (χ1v) is 9.52. The summed E-state index contributed by atoms with van der Waals surface area (Å²) in [7, 11) is 0.551. The molecule has 0 fully saturated rings. The molecule has 0 aromatic heterocycles. The molecule has 0 N–H and O–H groups in total. The van der Waals surface area contributed by atoms with Gasteiger partial charge in [0.15, 0.2) is 0 Å². The minimum atomic E-state index is -1.06. The number of carbonyl (C=O) groups is 1. The zero-order valence-electron chi connectivity index (χ0n) is 13.7. The van der Waals surface area contributed by atoms with Crippen LogP contribution in [0.1, 0.15) is 17.5 Å². The summed E-state index contributed by atoms with van der Waals surface area (Å²) >= 11 is 0. The van der Waals surface area contributed by atoms with Gasteiger partial charge in [-0.25, -0.2) is 0 Å². The van der Waals surface area contributed by atoms with Crippen LogP contribution in [0.4, 0.5) is 5.69 Å². The van der Waals surface area contributed by atoms with Crippen LogP contribution in [-0.2, 0) is 27.8 Å². The molecule has 2 aromatic rings. The number of carbonyl (C=O) groups excluding carboxylic acids is 1. The first kappa shape index (κ1) is 16.7. The van der Waals surface area contributed by atoms with Crippen molar-refractivity contribution in [3.05, 3.63) is 59.7 Å². The number of amides is 1. The number of fused-ring (bicyclic) bond motifs is 1. The lowest BCUT2D eigenvalue weighted by Crippen LogP contribution is -2.29. The molecule has 1 atom stereocenters. The molecule has 4 nitrogen and oxygen atoms in total. The van der Waals surface area contributed by atoms with Gasteiger partial charge in [-0.3, -0.25) is 9.00 Å². The minimum absolute atomic E-state index is 0.0546. The number of nitrogens with zero attached hydrogens (tertiary/aromatic N) is 1. The van der Waals surface area contributed by atoms with Gasteiger partial charge < -0.3 is 9.64 Å². The average Bonchev–Trinajstić information content (AvgIpc) is 3.04. The molecule has 24 heavy (non-hydrogen) atoms. The van der Waals surface area contributed by atoms with E-state index in [4.69, 9.17) is 4.74 Å². The number of hydrogen-bond acceptors (Lipinski definition) is 3. The Morgan fingerprint density at radius 1 is 1.21 bits per heavy atom. The van der Waals surface area contributed by atoms with E-state index in [1.54, 1.807) is 7.11 Å². The highest BCUT2D eigenvalue weighted by Gasteiger charge is 2.24. The first-order valence-electron chi connectivity index (χ1n) is 8.03. The van der Waals surface area contributed by atoms with Gasteiger partial charge in [0.1, 0.15) is 5.75 Å². The molecule has 0 saturated heterocycles. The van der Waals surface area contributed by atoms with Crippen molar-refractivity contribution in [2.45, 2.75) is 18.6 Å². The molecule has 1 unspecified atom stereocenters. The van der Waals surface area contributed by atoms with E-state index in [0.29, 0.717) is 17.9 Å². The predicted molar refractivity (Wildman–Crippen MR) is 96.8 cm³/mol. The third kappa shape index (κ3) is 3.85. The maximum Gasteiger partial charge on any atom is 0.227 e. The zero-order valence-corrected chi connectivity index (χ0v) is 14.6. The minimum Gasteiger partial charge on any atom is -0.497 e. The van der Waals surface area contributed by atoms with Gasteiger partial charge in [0, 0.05) is 41.0 Å². The lowest BCUT2D eigenvalue weighted by Gasteiger charge is -2.17. The number of anilines is 1. The van der Waals surface area contributed by atoms with Gasteiger partial charge in [-0.1, -0.05) is 30.3 Å². The van der Waals surface area contributed by atoms with E-state index in [0.717, 1.165) is 30.0 Å². The van der Waals surface area contributed by atoms with Gasteiger partial charge in [0.05, 0.1) is 7.11 Å². The molecule has 0 spiro atoms. The lowest BCUT2D eigenvalue weighted by atomic mass is 10.2. The SMILES string of the molecule is COc1cccc(CS(=O)CCC(=O)N2CCc3ccccc32)c1. The second kappa shape index (κ2) is 7.62. The standard InChI is InChI=1S/C19H21NO3S/c1-23-17-7-4-5-15(13-17)14-24(22)12-10-19(21)20-11-9-16-6-2-3-8-18(16)20/h2-8,13H,9-12,14H2,1H3. The molecule has 0 radical (unpaired) electrons. The van der Waals surface area contributed by atoms with Gasteiger partial charge in [0.25, 0.3) is 0 Å². The third-order valence-electron chi connectivity index (χ3n) is 4.19. The van der Waals surface area contributed by atoms with E-state index in [-0.39, 0.29) is 5.91 Å². The van der Waals surface area contributed by atoms with E-state index < -0.39 is 10.8 Å². The van der Waals surface area contributed by atoms with Gasteiger partial charge in [-0.15, -0.1) is 0 Å². The number of para-hydroxylation sites is 1. The summed E-state index contributed by atoms with van der Waals surface area (Å²) < 4.78 is 17.5. The molecule has 126 valence electrons. The number of benzene rings is 2. The summed E-state index contributed by atoms with van der Waals surface area (Å²) in [5, 5.41) is 0. The summed E-state index contributed by atoms with van der Waals surface area (Å²) in [5.41, 5.74) is 3.18. The smallest absolute Gasteiger partial charge is 0.227 e. The molecule has 5 heteroatoms. The monoisotopic (exact) mass is 343 g/mol. The van der Waals surface area contributed by atoms with Crippen molar-refractivity contribution in [3.63, 3.8) is 0 Å². The Morgan fingerprint density at radius 3 is 2.88 bits per heavy atom. The lowest BCUT2D eigenvalue weighted by molar-refractivity contribution is -0.118. The van der Waals surface area contributed by atoms with Gasteiger partial charge >= 0.3 is 0 Å². The topological polar surface area (TPSA) is 46.6 Å². The van der Waals surface area contributed by atoms with Crippen molar-refractivity contribution in [3.8, 4) is 5.75 Å². The highest BCUT2D eigenvalue weighted by Crippen LogP contribution is 2.27. The molecule has 0 bridgehead atoms. The quantitative estimate of drug-likeness (QED) is 0.810. The third-order valence-corrected chi connectivity index (χ3v) is 5.51. The van der Waals surface area contributed by atoms with Crippen molar-refractivity contribution >= 4 is 22.4 Å². The second-order valence-corrected chi connectivity index (χ2v) is 7.39. The van der Waals surface area contributed by atoms with Crippen LogP contribution in [0, 0.1) is 0 Å². The van der Waals surface area contributed by atoms with Crippen LogP contribution >= 0.6 is 0 Å². The van der Waals surface area contributed by atoms with Gasteiger partial charge in [-0.2, -0.15) is 0 Å². The van der Waals surface area contributed by atoms with Crippen LogP contribution in [0.2, 0.25) is 0 Å². The Balaban J connectivity index is 1.54. The Labute approximate surface area is 144 Å². The van der Waals surface area contributed by atoms with E-state index in [2.05, 4.69) is 6.07 Å². The summed E-state index contributed by atoms with van der Waals surface area (Å²) in [5.74, 6) is 1.64. The summed E-state index contributed by atoms with van der Waals surface area (Å²) in [6, 6.07) is 15.5. The van der Waals surface area contributed by atoms with Crippen LogP contribution in [0.3, 0.4) is 0 Å². The van der Waals surface area contributed by atoms with Crippen molar-refractivity contribution in [1.29, 1.82) is 0 Å². The molecule has 1 heterocycles. The first-order chi connectivity index (χ1) is 11.7. The van der Waals surface area contributed by atoms with Crippen LogP contribution < -0.4 is 9.64 Å². The van der Waals surface area contributed by atoms with E-state index in [1.165, 1.54) is 5.56 Å². The van der Waals surface area contributed by atoms with Crippen LogP contribution in [0.5, 0.6) is 5.75 Å². The molecule has 0 aliphatic carbocycles. The molecule has 1 amide bonds. The van der Waals surface area contributed by atoms with Crippen molar-refractivity contribution in [2.24, 2.45) is 0 Å². The van der Waals surface area contributed by atoms with Crippen molar-refractivity contribution in [2.75, 3.05) is 24.3 Å². The van der Waals surface area contributed by atoms with Gasteiger partial charge in [-0.05, 0) is 35.7 Å². The fourth-order valence-electron chi connectivity index (χ4n) is 2.95. The second-order valence-electron chi connectivity index (χ2n) is 5.81. The predicted octanol–water partition coefficient (Wildman–Crippen LogP) is 2.92. The molecular formula is C19H21NO3S. The Hall–Kier alpha value is -2.14. The maximum atomic E-state index is 12.4. The number of hydrogen-bond donors (Lipinski definition) is 0. The highest BCUT2D eigenvalue weighted by molar-refractivity contribution is 7.84. The normalized spacial score (nSPS) is 14.3. The molecule has 1 aliphatic heterocycles. The summed E-state index contributed by atoms with van der Waals surface area (Å²) in [6.07, 6.45) is 1.21. The Bertz CT molecular complexity index is 760. The largest absolute Gasteiger partial charge is 0.497 e. The highest BCUT2D eigenvalue weighted by atomic mass is 32.2. The fourth-order valence-corrected chi connectivity index (χ4v) is 4.05. The maximum absolute atomic E-state index is 12.4. The number of rotatable bonds is 6. The Kier molecular flexibility index (Phi) is 5.30. The van der Waals surface area contributed by atoms with Crippen molar-refractivity contribution < 1.29 is 13.7 Å². The van der Waals surface area contributed by atoms with Crippen LogP contribution in [-0.4, -0.2) is 29.5 Å². The van der Waals surface area contributed by atoms with Gasteiger partial charge in [0.2, 0.25) is 5.91 Å². The molecule has 2 aromatic carbocycles. The molecule has 1 aliphatic rings. The average molecular weight is 343 g/mol. The van der Waals surface area contributed by atoms with Crippen LogP contribution in [0.25, 0.3) is 0 Å².